The predicted octanol–water partition coefficient (Wildman–Crippen LogP) is 4.32. The van der Waals surface area contributed by atoms with Crippen LogP contribution in [0.5, 0.6) is 0 Å². The van der Waals surface area contributed by atoms with Crippen LogP contribution in [0.3, 0.4) is 0 Å². The molecule has 1 heterocycles. The van der Waals surface area contributed by atoms with E-state index in [0.717, 1.165) is 16.7 Å². The maximum Gasteiger partial charge on any atom is 0.255 e. The van der Waals surface area contributed by atoms with E-state index in [9.17, 15) is 9.59 Å². The molecule has 0 fully saturated rings. The zero-order valence-electron chi connectivity index (χ0n) is 15.7. The Morgan fingerprint density at radius 2 is 1.82 bits per heavy atom. The second-order valence-corrected chi connectivity index (χ2v) is 7.20. The van der Waals surface area contributed by atoms with E-state index in [1.807, 2.05) is 42.6 Å². The first-order valence-corrected chi connectivity index (χ1v) is 10.1. The number of hydrogen-bond donors (Lipinski definition) is 3. The molecule has 144 valence electrons. The third-order valence-electron chi connectivity index (χ3n) is 4.39. The van der Waals surface area contributed by atoms with Crippen LogP contribution in [-0.4, -0.2) is 18.4 Å². The topological polar surface area (TPSA) is 84.2 Å². The standard InChI is InChI=1S/C22H23N3O2S/c1-2-24-21(26)10-5-15-3-6-16(7-4-15)22(27)25-20-13-17(8-9-19(20)23)18-11-12-28-14-18/h3-4,6-9,11-14H,2,5,10,23H2,1H3,(H,24,26)(H,25,27). The summed E-state index contributed by atoms with van der Waals surface area (Å²) in [6.45, 7) is 2.53. The van der Waals surface area contributed by atoms with Gasteiger partial charge in [-0.3, -0.25) is 9.59 Å². The second kappa shape index (κ2) is 9.19. The summed E-state index contributed by atoms with van der Waals surface area (Å²) in [7, 11) is 0. The Kier molecular flexibility index (Phi) is 6.45. The van der Waals surface area contributed by atoms with Gasteiger partial charge in [0.2, 0.25) is 5.91 Å². The first kappa shape index (κ1) is 19.6. The van der Waals surface area contributed by atoms with Gasteiger partial charge in [0, 0.05) is 18.5 Å². The zero-order chi connectivity index (χ0) is 19.9. The Bertz CT molecular complexity index is 950. The van der Waals surface area contributed by atoms with Crippen LogP contribution in [-0.2, 0) is 11.2 Å². The Labute approximate surface area is 168 Å². The molecule has 0 unspecified atom stereocenters. The maximum absolute atomic E-state index is 12.6. The molecule has 0 saturated carbocycles. The van der Waals surface area contributed by atoms with E-state index in [-0.39, 0.29) is 11.8 Å². The number of nitrogens with one attached hydrogen (secondary N) is 2. The van der Waals surface area contributed by atoms with Gasteiger partial charge in [-0.2, -0.15) is 11.3 Å². The number of benzene rings is 2. The second-order valence-electron chi connectivity index (χ2n) is 6.42. The highest BCUT2D eigenvalue weighted by Crippen LogP contribution is 2.29. The Morgan fingerprint density at radius 1 is 1.04 bits per heavy atom. The van der Waals surface area contributed by atoms with Gasteiger partial charge in [-0.15, -0.1) is 0 Å². The number of anilines is 2. The third kappa shape index (κ3) is 4.98. The van der Waals surface area contributed by atoms with E-state index in [4.69, 9.17) is 5.73 Å². The highest BCUT2D eigenvalue weighted by molar-refractivity contribution is 7.08. The molecular formula is C22H23N3O2S. The van der Waals surface area contributed by atoms with Crippen LogP contribution in [0, 0.1) is 0 Å². The lowest BCUT2D eigenvalue weighted by Gasteiger charge is -2.11. The molecule has 3 aromatic rings. The molecule has 2 amide bonds. The molecule has 28 heavy (non-hydrogen) atoms. The number of rotatable bonds is 7. The number of thiophene rings is 1. The lowest BCUT2D eigenvalue weighted by atomic mass is 10.1. The molecule has 0 aliphatic rings. The molecule has 0 saturated heterocycles. The molecule has 0 radical (unpaired) electrons. The van der Waals surface area contributed by atoms with E-state index in [1.54, 1.807) is 29.5 Å². The van der Waals surface area contributed by atoms with E-state index in [1.165, 1.54) is 0 Å². The van der Waals surface area contributed by atoms with Crippen molar-refractivity contribution < 1.29 is 9.59 Å². The molecule has 4 N–H and O–H groups in total. The number of nitrogens with two attached hydrogens (primary N) is 1. The fourth-order valence-corrected chi connectivity index (χ4v) is 3.50. The first-order chi connectivity index (χ1) is 13.6. The lowest BCUT2D eigenvalue weighted by Crippen LogP contribution is -2.22. The zero-order valence-corrected chi connectivity index (χ0v) is 16.5. The summed E-state index contributed by atoms with van der Waals surface area (Å²) in [6.07, 6.45) is 1.08. The van der Waals surface area contributed by atoms with Crippen LogP contribution in [0.15, 0.2) is 59.3 Å². The minimum Gasteiger partial charge on any atom is -0.397 e. The monoisotopic (exact) mass is 393 g/mol. The highest BCUT2D eigenvalue weighted by Gasteiger charge is 2.10. The van der Waals surface area contributed by atoms with Crippen molar-refractivity contribution in [2.45, 2.75) is 19.8 Å². The summed E-state index contributed by atoms with van der Waals surface area (Å²) >= 11 is 1.62. The van der Waals surface area contributed by atoms with Crippen molar-refractivity contribution in [3.8, 4) is 11.1 Å². The average Bonchev–Trinajstić information content (AvgIpc) is 3.23. The molecule has 1 aromatic heterocycles. The SMILES string of the molecule is CCNC(=O)CCc1ccc(C(=O)Nc2cc(-c3ccsc3)ccc2N)cc1. The number of hydrogen-bond acceptors (Lipinski definition) is 4. The molecule has 6 heteroatoms. The van der Waals surface area contributed by atoms with Crippen LogP contribution in [0.4, 0.5) is 11.4 Å². The molecule has 2 aromatic carbocycles. The van der Waals surface area contributed by atoms with Crippen LogP contribution in [0.2, 0.25) is 0 Å². The van der Waals surface area contributed by atoms with Crippen LogP contribution in [0.25, 0.3) is 11.1 Å². The molecule has 0 spiro atoms. The number of amides is 2. The van der Waals surface area contributed by atoms with Crippen LogP contribution in [0.1, 0.15) is 29.3 Å². The van der Waals surface area contributed by atoms with E-state index >= 15 is 0 Å². The van der Waals surface area contributed by atoms with E-state index in [0.29, 0.717) is 36.3 Å². The molecule has 0 aliphatic heterocycles. The maximum atomic E-state index is 12.6. The van der Waals surface area contributed by atoms with Crippen molar-refractivity contribution in [1.29, 1.82) is 0 Å². The third-order valence-corrected chi connectivity index (χ3v) is 5.07. The summed E-state index contributed by atoms with van der Waals surface area (Å²) in [5, 5.41) is 9.73. The largest absolute Gasteiger partial charge is 0.397 e. The van der Waals surface area contributed by atoms with Gasteiger partial charge in [0.25, 0.3) is 5.91 Å². The number of carbonyl (C=O) groups is 2. The Morgan fingerprint density at radius 3 is 2.50 bits per heavy atom. The van der Waals surface area contributed by atoms with Gasteiger partial charge < -0.3 is 16.4 Å². The Balaban J connectivity index is 1.66. The molecule has 5 nitrogen and oxygen atoms in total. The van der Waals surface area contributed by atoms with Crippen molar-refractivity contribution in [3.63, 3.8) is 0 Å². The van der Waals surface area contributed by atoms with Gasteiger partial charge >= 0.3 is 0 Å². The molecule has 0 bridgehead atoms. The summed E-state index contributed by atoms with van der Waals surface area (Å²) in [4.78, 5) is 24.2. The smallest absolute Gasteiger partial charge is 0.255 e. The van der Waals surface area contributed by atoms with Crippen molar-refractivity contribution in [2.75, 3.05) is 17.6 Å². The minimum atomic E-state index is -0.218. The molecule has 0 aliphatic carbocycles. The fourth-order valence-electron chi connectivity index (χ4n) is 2.83. The van der Waals surface area contributed by atoms with Crippen LogP contribution < -0.4 is 16.4 Å². The van der Waals surface area contributed by atoms with E-state index in [2.05, 4.69) is 16.0 Å². The summed E-state index contributed by atoms with van der Waals surface area (Å²) in [5.74, 6) is -0.185. The Hall–Kier alpha value is -3.12. The number of aryl methyl sites for hydroxylation is 1. The van der Waals surface area contributed by atoms with Gasteiger partial charge in [-0.05, 0) is 71.1 Å². The van der Waals surface area contributed by atoms with Crippen molar-refractivity contribution >= 4 is 34.5 Å². The minimum absolute atomic E-state index is 0.0327. The summed E-state index contributed by atoms with van der Waals surface area (Å²) in [6, 6.07) is 14.9. The van der Waals surface area contributed by atoms with Gasteiger partial charge in [0.15, 0.2) is 0 Å². The van der Waals surface area contributed by atoms with E-state index < -0.39 is 0 Å². The number of nitrogen functional groups attached to an aromatic ring is 1. The van der Waals surface area contributed by atoms with Gasteiger partial charge in [0.05, 0.1) is 11.4 Å². The molecule has 0 atom stereocenters. The quantitative estimate of drug-likeness (QED) is 0.523. The normalized spacial score (nSPS) is 10.5. The fraction of sp³-hybridized carbons (Fsp3) is 0.182. The van der Waals surface area contributed by atoms with Gasteiger partial charge in [-0.25, -0.2) is 0 Å². The summed E-state index contributed by atoms with van der Waals surface area (Å²) in [5.41, 5.74) is 10.8. The number of carbonyl (C=O) groups excluding carboxylic acids is 2. The first-order valence-electron chi connectivity index (χ1n) is 9.16. The highest BCUT2D eigenvalue weighted by atomic mass is 32.1. The van der Waals surface area contributed by atoms with Crippen molar-refractivity contribution in [1.82, 2.24) is 5.32 Å². The lowest BCUT2D eigenvalue weighted by molar-refractivity contribution is -0.120. The average molecular weight is 394 g/mol. The van der Waals surface area contributed by atoms with Crippen molar-refractivity contribution in [2.24, 2.45) is 0 Å². The molecular weight excluding hydrogens is 370 g/mol. The van der Waals surface area contributed by atoms with Crippen molar-refractivity contribution in [3.05, 3.63) is 70.4 Å². The van der Waals surface area contributed by atoms with Gasteiger partial charge in [0.1, 0.15) is 0 Å². The van der Waals surface area contributed by atoms with Crippen LogP contribution >= 0.6 is 11.3 Å². The molecule has 3 rings (SSSR count). The van der Waals surface area contributed by atoms with Gasteiger partial charge in [-0.1, -0.05) is 18.2 Å². The predicted molar refractivity (Wildman–Crippen MR) is 116 cm³/mol. The summed E-state index contributed by atoms with van der Waals surface area (Å²) < 4.78 is 0.